The second-order valence-corrected chi connectivity index (χ2v) is 8.30. The van der Waals surface area contributed by atoms with Crippen LogP contribution < -0.4 is 0 Å². The Labute approximate surface area is 165 Å². The molecule has 0 radical (unpaired) electrons. The molecular formula is C21H29NO6. The summed E-state index contributed by atoms with van der Waals surface area (Å²) in [4.78, 5) is 38.5. The van der Waals surface area contributed by atoms with Gasteiger partial charge in [-0.1, -0.05) is 30.3 Å². The van der Waals surface area contributed by atoms with E-state index in [9.17, 15) is 19.5 Å². The van der Waals surface area contributed by atoms with E-state index in [1.54, 1.807) is 20.8 Å². The van der Waals surface area contributed by atoms with Gasteiger partial charge in [-0.2, -0.15) is 0 Å². The average Bonchev–Trinajstić information content (AvgIpc) is 2.61. The first-order valence-corrected chi connectivity index (χ1v) is 9.39. The zero-order valence-electron chi connectivity index (χ0n) is 16.9. The lowest BCUT2D eigenvalue weighted by Crippen LogP contribution is -2.57. The molecule has 2 unspecified atom stereocenters. The molecule has 7 nitrogen and oxygen atoms in total. The van der Waals surface area contributed by atoms with Crippen LogP contribution in [0.2, 0.25) is 0 Å². The lowest BCUT2D eigenvalue weighted by molar-refractivity contribution is -0.162. The summed E-state index contributed by atoms with van der Waals surface area (Å²) in [5.74, 6) is -1.93. The van der Waals surface area contributed by atoms with Crippen molar-refractivity contribution in [1.82, 2.24) is 4.90 Å². The molecule has 1 heterocycles. The van der Waals surface area contributed by atoms with E-state index in [0.717, 1.165) is 5.56 Å². The Morgan fingerprint density at radius 1 is 1.21 bits per heavy atom. The Morgan fingerprint density at radius 2 is 1.86 bits per heavy atom. The van der Waals surface area contributed by atoms with Gasteiger partial charge in [0.05, 0.1) is 12.5 Å². The van der Waals surface area contributed by atoms with Gasteiger partial charge in [0.2, 0.25) is 0 Å². The summed E-state index contributed by atoms with van der Waals surface area (Å²) in [5, 5.41) is 9.39. The Morgan fingerprint density at radius 3 is 2.39 bits per heavy atom. The minimum Gasteiger partial charge on any atom is -0.481 e. The summed E-state index contributed by atoms with van der Waals surface area (Å²) in [6.07, 6.45) is -0.00222. The van der Waals surface area contributed by atoms with Crippen LogP contribution in [0.25, 0.3) is 0 Å². The Hall–Kier alpha value is -2.57. The number of hydrogen-bond donors (Lipinski definition) is 1. The highest BCUT2D eigenvalue weighted by Crippen LogP contribution is 2.42. The zero-order chi connectivity index (χ0) is 20.9. The molecule has 28 heavy (non-hydrogen) atoms. The van der Waals surface area contributed by atoms with Crippen molar-refractivity contribution in [3.05, 3.63) is 35.9 Å². The lowest BCUT2D eigenvalue weighted by Gasteiger charge is -2.46. The minimum atomic E-state index is -1.15. The number of piperidine rings is 1. The first-order chi connectivity index (χ1) is 13.1. The van der Waals surface area contributed by atoms with Gasteiger partial charge in [-0.25, -0.2) is 4.79 Å². The fourth-order valence-corrected chi connectivity index (χ4v) is 3.79. The van der Waals surface area contributed by atoms with Crippen LogP contribution in [0, 0.1) is 11.3 Å². The number of hydrogen-bond acceptors (Lipinski definition) is 5. The van der Waals surface area contributed by atoms with E-state index in [0.29, 0.717) is 13.0 Å². The van der Waals surface area contributed by atoms with Crippen molar-refractivity contribution < 1.29 is 29.0 Å². The molecule has 1 aromatic rings. The second-order valence-electron chi connectivity index (χ2n) is 8.30. The highest BCUT2D eigenvalue weighted by atomic mass is 16.6. The maximum atomic E-state index is 12.9. The number of esters is 1. The molecule has 1 amide bonds. The number of carbonyl (C=O) groups excluding carboxylic acids is 2. The monoisotopic (exact) mass is 391 g/mol. The fraction of sp³-hybridized carbons (Fsp3) is 0.571. The molecule has 0 aromatic heterocycles. The van der Waals surface area contributed by atoms with Gasteiger partial charge in [0.15, 0.2) is 0 Å². The third-order valence-electron chi connectivity index (χ3n) is 5.03. The topological polar surface area (TPSA) is 93.1 Å². The van der Waals surface area contributed by atoms with Crippen molar-refractivity contribution >= 4 is 18.0 Å². The number of amides is 1. The van der Waals surface area contributed by atoms with Gasteiger partial charge in [0.25, 0.3) is 0 Å². The van der Waals surface area contributed by atoms with Crippen LogP contribution in [0.3, 0.4) is 0 Å². The van der Waals surface area contributed by atoms with Gasteiger partial charge >= 0.3 is 18.0 Å². The predicted octanol–water partition coefficient (Wildman–Crippen LogP) is 3.12. The molecule has 2 atom stereocenters. The normalized spacial score (nSPS) is 22.4. The summed E-state index contributed by atoms with van der Waals surface area (Å²) >= 11 is 0. The van der Waals surface area contributed by atoms with E-state index >= 15 is 0 Å². The van der Waals surface area contributed by atoms with E-state index in [-0.39, 0.29) is 19.4 Å². The molecular weight excluding hydrogens is 362 g/mol. The van der Waals surface area contributed by atoms with Crippen molar-refractivity contribution in [3.8, 4) is 0 Å². The average molecular weight is 391 g/mol. The molecule has 1 saturated heterocycles. The first-order valence-electron chi connectivity index (χ1n) is 9.39. The molecule has 1 aliphatic heterocycles. The lowest BCUT2D eigenvalue weighted by atomic mass is 9.66. The Kier molecular flexibility index (Phi) is 6.69. The van der Waals surface area contributed by atoms with Gasteiger partial charge in [-0.15, -0.1) is 0 Å². The van der Waals surface area contributed by atoms with Crippen LogP contribution in [-0.2, 0) is 25.5 Å². The molecule has 1 aromatic carbocycles. The Balaban J connectivity index is 2.40. The van der Waals surface area contributed by atoms with Crippen molar-refractivity contribution in [2.45, 2.75) is 45.6 Å². The quantitative estimate of drug-likeness (QED) is 0.775. The van der Waals surface area contributed by atoms with Crippen LogP contribution >= 0.6 is 0 Å². The highest BCUT2D eigenvalue weighted by molar-refractivity contribution is 5.81. The maximum absolute atomic E-state index is 12.9. The smallest absolute Gasteiger partial charge is 0.410 e. The van der Waals surface area contributed by atoms with E-state index in [1.807, 2.05) is 30.3 Å². The SMILES string of the molecule is COC(=O)C1(Cc2ccccc2)CN(C(=O)OC(C)(C)C)CCC1CC(=O)O. The second kappa shape index (κ2) is 8.63. The van der Waals surface area contributed by atoms with E-state index in [4.69, 9.17) is 9.47 Å². The number of likely N-dealkylation sites (tertiary alicyclic amines) is 1. The largest absolute Gasteiger partial charge is 0.481 e. The number of carboxylic acid groups (broad SMARTS) is 1. The molecule has 0 spiro atoms. The molecule has 154 valence electrons. The predicted molar refractivity (Wildman–Crippen MR) is 103 cm³/mol. The molecule has 1 N–H and O–H groups in total. The van der Waals surface area contributed by atoms with E-state index in [2.05, 4.69) is 0 Å². The number of methoxy groups -OCH3 is 1. The Bertz CT molecular complexity index is 711. The van der Waals surface area contributed by atoms with Crippen molar-refractivity contribution in [2.75, 3.05) is 20.2 Å². The number of aliphatic carboxylic acids is 1. The van der Waals surface area contributed by atoms with Crippen molar-refractivity contribution in [1.29, 1.82) is 0 Å². The van der Waals surface area contributed by atoms with Crippen LogP contribution in [0.15, 0.2) is 30.3 Å². The number of benzene rings is 1. The summed E-state index contributed by atoms with van der Waals surface area (Å²) in [5.41, 5.74) is -0.930. The van der Waals surface area contributed by atoms with Crippen LogP contribution in [0.5, 0.6) is 0 Å². The number of carbonyl (C=O) groups is 3. The fourth-order valence-electron chi connectivity index (χ4n) is 3.79. The van der Waals surface area contributed by atoms with Gasteiger partial charge in [0.1, 0.15) is 5.60 Å². The van der Waals surface area contributed by atoms with E-state index in [1.165, 1.54) is 12.0 Å². The molecule has 1 fully saturated rings. The highest BCUT2D eigenvalue weighted by Gasteiger charge is 2.52. The maximum Gasteiger partial charge on any atom is 0.410 e. The van der Waals surface area contributed by atoms with Gasteiger partial charge in [-0.3, -0.25) is 9.59 Å². The summed E-state index contributed by atoms with van der Waals surface area (Å²) < 4.78 is 10.6. The van der Waals surface area contributed by atoms with Crippen molar-refractivity contribution in [3.63, 3.8) is 0 Å². The molecule has 2 rings (SSSR count). The van der Waals surface area contributed by atoms with Crippen LogP contribution in [0.4, 0.5) is 4.79 Å². The minimum absolute atomic E-state index is 0.0570. The van der Waals surface area contributed by atoms with E-state index < -0.39 is 35.0 Å². The number of ether oxygens (including phenoxy) is 2. The third kappa shape index (κ3) is 5.24. The third-order valence-corrected chi connectivity index (χ3v) is 5.03. The van der Waals surface area contributed by atoms with Crippen molar-refractivity contribution in [2.24, 2.45) is 11.3 Å². The molecule has 0 saturated carbocycles. The molecule has 0 bridgehead atoms. The molecule has 7 heteroatoms. The van der Waals surface area contributed by atoms with Gasteiger partial charge in [0, 0.05) is 19.5 Å². The van der Waals surface area contributed by atoms with Gasteiger partial charge < -0.3 is 19.5 Å². The summed E-state index contributed by atoms with van der Waals surface area (Å²) in [7, 11) is 1.29. The number of rotatable bonds is 5. The molecule has 1 aliphatic rings. The number of nitrogens with zero attached hydrogens (tertiary/aromatic N) is 1. The molecule has 0 aliphatic carbocycles. The van der Waals surface area contributed by atoms with Gasteiger partial charge in [-0.05, 0) is 45.1 Å². The standard InChI is InChI=1S/C21H29NO6/c1-20(2,3)28-19(26)22-11-10-16(12-17(23)24)21(14-22,18(25)27-4)13-15-8-6-5-7-9-15/h5-9,16H,10-14H2,1-4H3,(H,23,24). The zero-order valence-corrected chi connectivity index (χ0v) is 16.9. The van der Waals surface area contributed by atoms with Crippen LogP contribution in [0.1, 0.15) is 39.2 Å². The summed E-state index contributed by atoms with van der Waals surface area (Å²) in [6.45, 7) is 5.72. The summed E-state index contributed by atoms with van der Waals surface area (Å²) in [6, 6.07) is 9.36. The number of carboxylic acids is 1. The first kappa shape index (κ1) is 21.7. The van der Waals surface area contributed by atoms with Crippen LogP contribution in [-0.4, -0.2) is 53.8 Å².